The van der Waals surface area contributed by atoms with E-state index in [0.29, 0.717) is 12.5 Å². The lowest BCUT2D eigenvalue weighted by atomic mass is 10.1. The molecule has 0 aliphatic carbocycles. The Morgan fingerprint density at radius 2 is 2.19 bits per heavy atom. The molecule has 1 aromatic carbocycles. The van der Waals surface area contributed by atoms with Crippen molar-refractivity contribution >= 4 is 22.7 Å². The van der Waals surface area contributed by atoms with Gasteiger partial charge in [-0.1, -0.05) is 26.0 Å². The van der Waals surface area contributed by atoms with Crippen LogP contribution in [0.2, 0.25) is 0 Å². The number of non-ortho nitro benzene ring substituents is 1. The van der Waals surface area contributed by atoms with Crippen LogP contribution in [0, 0.1) is 16.0 Å². The van der Waals surface area contributed by atoms with Crippen molar-refractivity contribution in [2.45, 2.75) is 20.4 Å². The molecule has 1 heterocycles. The van der Waals surface area contributed by atoms with Crippen LogP contribution in [-0.2, 0) is 11.3 Å². The zero-order valence-electron chi connectivity index (χ0n) is 12.6. The van der Waals surface area contributed by atoms with Gasteiger partial charge in [0.05, 0.1) is 17.0 Å². The number of rotatable bonds is 6. The Morgan fingerprint density at radius 3 is 2.81 bits per heavy atom. The third-order valence-corrected chi connectivity index (χ3v) is 3.21. The van der Waals surface area contributed by atoms with Crippen LogP contribution >= 0.6 is 0 Å². The second-order valence-corrected chi connectivity index (χ2v) is 5.45. The molecule has 5 heteroatoms. The molecule has 0 saturated carbocycles. The van der Waals surface area contributed by atoms with Gasteiger partial charge in [-0.15, -0.1) is 0 Å². The van der Waals surface area contributed by atoms with Gasteiger partial charge in [0.25, 0.3) is 5.69 Å². The van der Waals surface area contributed by atoms with Crippen LogP contribution in [0.25, 0.3) is 17.0 Å². The quantitative estimate of drug-likeness (QED) is 0.599. The van der Waals surface area contributed by atoms with Crippen LogP contribution in [0.15, 0.2) is 30.5 Å². The number of fused-ring (bicyclic) bond motifs is 1. The van der Waals surface area contributed by atoms with Gasteiger partial charge in [-0.25, -0.2) is 0 Å². The number of hydrogen-bond donors (Lipinski definition) is 0. The minimum atomic E-state index is -0.354. The van der Waals surface area contributed by atoms with E-state index in [2.05, 4.69) is 18.4 Å². The van der Waals surface area contributed by atoms with Gasteiger partial charge in [0.1, 0.15) is 0 Å². The first-order chi connectivity index (χ1) is 10.0. The Bertz CT molecular complexity index is 671. The van der Waals surface area contributed by atoms with E-state index in [9.17, 15) is 10.1 Å². The maximum Gasteiger partial charge on any atom is 0.270 e. The molecule has 0 unspecified atom stereocenters. The summed E-state index contributed by atoms with van der Waals surface area (Å²) in [7, 11) is 1.62. The minimum absolute atomic E-state index is 0.113. The molecule has 21 heavy (non-hydrogen) atoms. The fourth-order valence-corrected chi connectivity index (χ4v) is 2.42. The van der Waals surface area contributed by atoms with E-state index in [-0.39, 0.29) is 10.6 Å². The number of benzene rings is 1. The summed E-state index contributed by atoms with van der Waals surface area (Å²) in [6, 6.07) is 5.17. The van der Waals surface area contributed by atoms with Crippen molar-refractivity contribution in [1.82, 2.24) is 4.57 Å². The molecule has 0 aliphatic rings. The van der Waals surface area contributed by atoms with Gasteiger partial charge in [-0.3, -0.25) is 10.1 Å². The van der Waals surface area contributed by atoms with E-state index < -0.39 is 0 Å². The standard InChI is InChI=1S/C16H20N2O3/c1-12(2)11-17-7-6-14-10-15(18(19)20)9-13(16(14)17)5-4-8-21-3/h4-7,9-10,12H,8,11H2,1-3H3/b5-4+. The molecule has 2 aromatic rings. The van der Waals surface area contributed by atoms with E-state index in [1.54, 1.807) is 19.2 Å². The second-order valence-electron chi connectivity index (χ2n) is 5.45. The first kappa shape index (κ1) is 15.3. The summed E-state index contributed by atoms with van der Waals surface area (Å²) in [5.74, 6) is 0.506. The summed E-state index contributed by atoms with van der Waals surface area (Å²) in [4.78, 5) is 10.7. The smallest absolute Gasteiger partial charge is 0.270 e. The van der Waals surface area contributed by atoms with Crippen LogP contribution < -0.4 is 0 Å². The van der Waals surface area contributed by atoms with E-state index in [1.807, 2.05) is 24.4 Å². The lowest BCUT2D eigenvalue weighted by molar-refractivity contribution is -0.384. The fraction of sp³-hybridized carbons (Fsp3) is 0.375. The van der Waals surface area contributed by atoms with Gasteiger partial charge in [-0.2, -0.15) is 0 Å². The summed E-state index contributed by atoms with van der Waals surface area (Å²) in [6.45, 7) is 5.66. The zero-order valence-corrected chi connectivity index (χ0v) is 12.6. The molecule has 0 aliphatic heterocycles. The highest BCUT2D eigenvalue weighted by Crippen LogP contribution is 2.28. The number of hydrogen-bond acceptors (Lipinski definition) is 3. The van der Waals surface area contributed by atoms with Crippen molar-refractivity contribution in [2.24, 2.45) is 5.92 Å². The van der Waals surface area contributed by atoms with Gasteiger partial charge in [0, 0.05) is 42.9 Å². The van der Waals surface area contributed by atoms with Gasteiger partial charge in [-0.05, 0) is 12.0 Å². The van der Waals surface area contributed by atoms with Gasteiger partial charge >= 0.3 is 0 Å². The average molecular weight is 288 g/mol. The Kier molecular flexibility index (Phi) is 4.75. The molecule has 0 N–H and O–H groups in total. The van der Waals surface area contributed by atoms with Crippen LogP contribution in [0.5, 0.6) is 0 Å². The Hall–Kier alpha value is -2.14. The fourth-order valence-electron chi connectivity index (χ4n) is 2.42. The number of ether oxygens (including phenoxy) is 1. The predicted octanol–water partition coefficient (Wildman–Crippen LogP) is 3.87. The van der Waals surface area contributed by atoms with Crippen LogP contribution in [0.1, 0.15) is 19.4 Å². The summed E-state index contributed by atoms with van der Waals surface area (Å²) in [5, 5.41) is 12.0. The SMILES string of the molecule is COC/C=C/c1cc([N+](=O)[O-])cc2ccn(CC(C)C)c12. The molecule has 0 atom stereocenters. The molecule has 0 amide bonds. The molecule has 0 radical (unpaired) electrons. The summed E-state index contributed by atoms with van der Waals surface area (Å²) < 4.78 is 7.15. The highest BCUT2D eigenvalue weighted by molar-refractivity contribution is 5.90. The van der Waals surface area contributed by atoms with Crippen molar-refractivity contribution in [3.63, 3.8) is 0 Å². The monoisotopic (exact) mass is 288 g/mol. The van der Waals surface area contributed by atoms with E-state index >= 15 is 0 Å². The zero-order chi connectivity index (χ0) is 15.4. The third kappa shape index (κ3) is 3.49. The van der Waals surface area contributed by atoms with Crippen molar-refractivity contribution in [3.8, 4) is 0 Å². The summed E-state index contributed by atoms with van der Waals surface area (Å²) >= 11 is 0. The molecule has 0 fully saturated rings. The molecular formula is C16H20N2O3. The maximum atomic E-state index is 11.1. The van der Waals surface area contributed by atoms with Crippen LogP contribution in [0.4, 0.5) is 5.69 Å². The Labute approximate surface area is 124 Å². The molecule has 112 valence electrons. The Balaban J connectivity index is 2.57. The van der Waals surface area contributed by atoms with Crippen LogP contribution in [0.3, 0.4) is 0 Å². The largest absolute Gasteiger partial charge is 0.381 e. The number of aromatic nitrogens is 1. The van der Waals surface area contributed by atoms with Crippen molar-refractivity contribution in [1.29, 1.82) is 0 Å². The molecule has 0 bridgehead atoms. The third-order valence-electron chi connectivity index (χ3n) is 3.21. The highest BCUT2D eigenvalue weighted by Gasteiger charge is 2.13. The van der Waals surface area contributed by atoms with Crippen LogP contribution in [-0.4, -0.2) is 23.2 Å². The summed E-state index contributed by atoms with van der Waals surface area (Å²) in [6.07, 6.45) is 5.74. The van der Waals surface area contributed by atoms with Gasteiger partial charge < -0.3 is 9.30 Å². The number of nitro groups is 1. The molecule has 5 nitrogen and oxygen atoms in total. The molecule has 0 saturated heterocycles. The van der Waals surface area contributed by atoms with Crippen molar-refractivity contribution in [2.75, 3.05) is 13.7 Å². The van der Waals surface area contributed by atoms with E-state index in [4.69, 9.17) is 4.74 Å². The van der Waals surface area contributed by atoms with Gasteiger partial charge in [0.15, 0.2) is 0 Å². The second kappa shape index (κ2) is 6.54. The minimum Gasteiger partial charge on any atom is -0.381 e. The molecule has 2 rings (SSSR count). The molecule has 0 spiro atoms. The van der Waals surface area contributed by atoms with E-state index in [0.717, 1.165) is 23.0 Å². The Morgan fingerprint density at radius 1 is 1.43 bits per heavy atom. The highest BCUT2D eigenvalue weighted by atomic mass is 16.6. The normalized spacial score (nSPS) is 11.8. The average Bonchev–Trinajstić information content (AvgIpc) is 2.81. The maximum absolute atomic E-state index is 11.1. The van der Waals surface area contributed by atoms with E-state index in [1.165, 1.54) is 0 Å². The number of methoxy groups -OCH3 is 1. The van der Waals surface area contributed by atoms with Gasteiger partial charge in [0.2, 0.25) is 0 Å². The lowest BCUT2D eigenvalue weighted by Gasteiger charge is -2.10. The predicted molar refractivity (Wildman–Crippen MR) is 84.3 cm³/mol. The number of nitro benzene ring substituents is 1. The number of nitrogens with zero attached hydrogens (tertiary/aromatic N) is 2. The lowest BCUT2D eigenvalue weighted by Crippen LogP contribution is -2.03. The van der Waals surface area contributed by atoms with Crippen molar-refractivity contribution < 1.29 is 9.66 Å². The topological polar surface area (TPSA) is 57.3 Å². The van der Waals surface area contributed by atoms with Crippen molar-refractivity contribution in [3.05, 3.63) is 46.1 Å². The molecular weight excluding hydrogens is 268 g/mol. The summed E-state index contributed by atoms with van der Waals surface area (Å²) in [5.41, 5.74) is 1.99. The first-order valence-corrected chi connectivity index (χ1v) is 6.95. The molecule has 1 aromatic heterocycles. The first-order valence-electron chi connectivity index (χ1n) is 6.95.